The van der Waals surface area contributed by atoms with Crippen molar-refractivity contribution in [3.05, 3.63) is 0 Å². The SMILES string of the molecule is C1CCC(C2CC(C3CC(C4CCCCC4)C4CC5CC6CCCCC6CC5C4C3)CC(C3CCCC4CC5CCCCC5C43)C2)CC1. The van der Waals surface area contributed by atoms with Crippen molar-refractivity contribution in [2.45, 2.75) is 193 Å². The zero-order valence-corrected chi connectivity index (χ0v) is 31.6. The molecule has 16 atom stereocenters. The summed E-state index contributed by atoms with van der Waals surface area (Å²) in [5.41, 5.74) is 0. The molecule has 0 N–H and O–H groups in total. The average Bonchev–Trinajstić information content (AvgIpc) is 3.72. The summed E-state index contributed by atoms with van der Waals surface area (Å²) in [5.74, 6) is 20.4. The van der Waals surface area contributed by atoms with Crippen molar-refractivity contribution >= 4 is 0 Å². The summed E-state index contributed by atoms with van der Waals surface area (Å²) in [4.78, 5) is 0. The molecule has 10 saturated carbocycles. The molecule has 0 spiro atoms. The van der Waals surface area contributed by atoms with Crippen LogP contribution in [0.3, 0.4) is 0 Å². The van der Waals surface area contributed by atoms with Crippen LogP contribution in [0.25, 0.3) is 0 Å². The highest BCUT2D eigenvalue weighted by Crippen LogP contribution is 2.65. The van der Waals surface area contributed by atoms with Gasteiger partial charge in [-0.2, -0.15) is 0 Å². The van der Waals surface area contributed by atoms with Crippen LogP contribution in [0.2, 0.25) is 0 Å². The summed E-state index contributed by atoms with van der Waals surface area (Å²) in [6.45, 7) is 0. The number of rotatable bonds is 4. The molecule has 48 heavy (non-hydrogen) atoms. The number of fused-ring (bicyclic) bond motifs is 7. The van der Waals surface area contributed by atoms with Crippen LogP contribution in [-0.4, -0.2) is 0 Å². The molecule has 0 saturated heterocycles. The summed E-state index contributed by atoms with van der Waals surface area (Å²) in [7, 11) is 0. The zero-order chi connectivity index (χ0) is 31.6. The monoisotopic (exact) mass is 655 g/mol. The van der Waals surface area contributed by atoms with Crippen molar-refractivity contribution in [3.8, 4) is 0 Å². The smallest absolute Gasteiger partial charge is 0.0324 e. The van der Waals surface area contributed by atoms with Gasteiger partial charge in [-0.1, -0.05) is 122 Å². The summed E-state index contributed by atoms with van der Waals surface area (Å²) < 4.78 is 0. The van der Waals surface area contributed by atoms with Crippen LogP contribution in [0.4, 0.5) is 0 Å². The molecule has 10 aliphatic carbocycles. The van der Waals surface area contributed by atoms with Crippen molar-refractivity contribution in [1.29, 1.82) is 0 Å². The second kappa shape index (κ2) is 14.1. The van der Waals surface area contributed by atoms with Crippen molar-refractivity contribution < 1.29 is 0 Å². The molecule has 270 valence electrons. The predicted octanol–water partition coefficient (Wildman–Crippen LogP) is 13.9. The van der Waals surface area contributed by atoms with Crippen molar-refractivity contribution in [3.63, 3.8) is 0 Å². The van der Waals surface area contributed by atoms with Crippen molar-refractivity contribution in [1.82, 2.24) is 0 Å². The van der Waals surface area contributed by atoms with Crippen LogP contribution in [-0.2, 0) is 0 Å². The first kappa shape index (κ1) is 32.6. The van der Waals surface area contributed by atoms with E-state index in [1.54, 1.807) is 193 Å². The Bertz CT molecular complexity index is 1060. The van der Waals surface area contributed by atoms with Crippen LogP contribution >= 0.6 is 0 Å². The fourth-order valence-electron chi connectivity index (χ4n) is 18.4. The summed E-state index contributed by atoms with van der Waals surface area (Å²) in [6, 6.07) is 0. The molecule has 0 aromatic rings. The van der Waals surface area contributed by atoms with Gasteiger partial charge in [0.25, 0.3) is 0 Å². The number of hydrogen-bond acceptors (Lipinski definition) is 0. The molecule has 0 heteroatoms. The molecule has 10 fully saturated rings. The molecule has 0 bridgehead atoms. The molecule has 0 radical (unpaired) electrons. The van der Waals surface area contributed by atoms with E-state index >= 15 is 0 Å². The highest BCUT2D eigenvalue weighted by molar-refractivity contribution is 5.06. The van der Waals surface area contributed by atoms with Crippen molar-refractivity contribution in [2.24, 2.45) is 107 Å². The van der Waals surface area contributed by atoms with Crippen LogP contribution in [0.15, 0.2) is 0 Å². The van der Waals surface area contributed by atoms with Crippen LogP contribution in [0.5, 0.6) is 0 Å². The molecular weight excluding hydrogens is 577 g/mol. The lowest BCUT2D eigenvalue weighted by Gasteiger charge is -2.52. The first-order chi connectivity index (χ1) is 23.8. The maximum atomic E-state index is 1.71. The van der Waals surface area contributed by atoms with E-state index in [9.17, 15) is 0 Å². The minimum Gasteiger partial charge on any atom is -0.0533 e. The Balaban J connectivity index is 0.937. The van der Waals surface area contributed by atoms with Gasteiger partial charge in [0.1, 0.15) is 0 Å². The van der Waals surface area contributed by atoms with E-state index < -0.39 is 0 Å². The molecule has 0 amide bonds. The topological polar surface area (TPSA) is 0 Å². The average molecular weight is 655 g/mol. The van der Waals surface area contributed by atoms with Gasteiger partial charge in [-0.05, 0) is 177 Å². The molecule has 0 nitrogen and oxygen atoms in total. The quantitative estimate of drug-likeness (QED) is 0.283. The lowest BCUT2D eigenvalue weighted by Crippen LogP contribution is -2.44. The highest BCUT2D eigenvalue weighted by atomic mass is 14.6. The van der Waals surface area contributed by atoms with Gasteiger partial charge < -0.3 is 0 Å². The summed E-state index contributed by atoms with van der Waals surface area (Å²) >= 11 is 0. The maximum Gasteiger partial charge on any atom is -0.0324 e. The Morgan fingerprint density at radius 1 is 0.167 bits per heavy atom. The third-order valence-electron chi connectivity index (χ3n) is 20.1. The summed E-state index contributed by atoms with van der Waals surface area (Å²) in [6.07, 6.45) is 48.6. The third kappa shape index (κ3) is 6.06. The molecule has 10 rings (SSSR count). The fraction of sp³-hybridized carbons (Fsp3) is 1.00. The normalized spacial score (nSPS) is 53.2. The molecule has 0 heterocycles. The largest absolute Gasteiger partial charge is 0.0533 e. The Hall–Kier alpha value is 0. The van der Waals surface area contributed by atoms with Gasteiger partial charge in [-0.25, -0.2) is 0 Å². The molecule has 10 aliphatic rings. The summed E-state index contributed by atoms with van der Waals surface area (Å²) in [5, 5.41) is 0. The number of hydrogen-bond donors (Lipinski definition) is 0. The molecule has 16 unspecified atom stereocenters. The first-order valence-electron chi connectivity index (χ1n) is 23.8. The Morgan fingerprint density at radius 2 is 0.542 bits per heavy atom. The zero-order valence-electron chi connectivity index (χ0n) is 31.6. The second-order valence-corrected chi connectivity index (χ2v) is 21.8. The molecule has 0 aromatic heterocycles. The lowest BCUT2D eigenvalue weighted by molar-refractivity contribution is -0.0288. The fourth-order valence-corrected chi connectivity index (χ4v) is 18.4. The van der Waals surface area contributed by atoms with E-state index in [-0.39, 0.29) is 0 Å². The van der Waals surface area contributed by atoms with Crippen LogP contribution in [0.1, 0.15) is 193 Å². The first-order valence-corrected chi connectivity index (χ1v) is 23.8. The minimum absolute atomic E-state index is 1.11. The maximum absolute atomic E-state index is 1.71. The van der Waals surface area contributed by atoms with E-state index in [4.69, 9.17) is 0 Å². The minimum atomic E-state index is 1.11. The molecular formula is C48H78. The van der Waals surface area contributed by atoms with E-state index in [0.717, 1.165) is 107 Å². The van der Waals surface area contributed by atoms with Gasteiger partial charge in [-0.3, -0.25) is 0 Å². The second-order valence-electron chi connectivity index (χ2n) is 21.8. The van der Waals surface area contributed by atoms with Gasteiger partial charge in [0.15, 0.2) is 0 Å². The van der Waals surface area contributed by atoms with E-state index in [2.05, 4.69) is 0 Å². The van der Waals surface area contributed by atoms with Gasteiger partial charge in [0, 0.05) is 0 Å². The van der Waals surface area contributed by atoms with E-state index in [0.29, 0.717) is 0 Å². The molecule has 0 aromatic carbocycles. The van der Waals surface area contributed by atoms with Crippen LogP contribution < -0.4 is 0 Å². The standard InChI is InChI=1S/C48H78/c1-3-12-31(13-4-1)37-24-38(26-40(25-37)43-21-11-19-36-23-35-18-9-10-20-42(35)48(36)43)39-28-44(32-14-5-2-6-15-32)47-30-41-22-33-16-7-8-17-34(33)27-45(41)46(47)29-39/h31-48H,1-30H2. The Labute approximate surface area is 298 Å². The van der Waals surface area contributed by atoms with Gasteiger partial charge in [-0.15, -0.1) is 0 Å². The Morgan fingerprint density at radius 3 is 1.31 bits per heavy atom. The predicted molar refractivity (Wildman–Crippen MR) is 201 cm³/mol. The van der Waals surface area contributed by atoms with E-state index in [1.165, 1.54) is 0 Å². The highest BCUT2D eigenvalue weighted by Gasteiger charge is 2.56. The molecule has 0 aliphatic heterocycles. The van der Waals surface area contributed by atoms with Gasteiger partial charge in [0.05, 0.1) is 0 Å². The van der Waals surface area contributed by atoms with E-state index in [1.807, 2.05) is 0 Å². The van der Waals surface area contributed by atoms with Crippen molar-refractivity contribution in [2.75, 3.05) is 0 Å². The Kier molecular flexibility index (Phi) is 9.58. The van der Waals surface area contributed by atoms with Gasteiger partial charge >= 0.3 is 0 Å². The van der Waals surface area contributed by atoms with Gasteiger partial charge in [0.2, 0.25) is 0 Å². The lowest BCUT2D eigenvalue weighted by atomic mass is 9.53. The third-order valence-corrected chi connectivity index (χ3v) is 20.1. The van der Waals surface area contributed by atoms with Crippen LogP contribution in [0, 0.1) is 107 Å².